The summed E-state index contributed by atoms with van der Waals surface area (Å²) in [6, 6.07) is 14.8. The Kier molecular flexibility index (Phi) is 8.37. The van der Waals surface area contributed by atoms with Gasteiger partial charge < -0.3 is 9.08 Å². The van der Waals surface area contributed by atoms with Crippen LogP contribution in [0.2, 0.25) is 0 Å². The maximum atomic E-state index is 9.24. The summed E-state index contributed by atoms with van der Waals surface area (Å²) in [5.41, 5.74) is 8.79. The first-order chi connectivity index (χ1) is 20.7. The van der Waals surface area contributed by atoms with Crippen molar-refractivity contribution < 1.29 is 18.9 Å². The van der Waals surface area contributed by atoms with Crippen LogP contribution in [0.3, 0.4) is 0 Å². The lowest BCUT2D eigenvalue weighted by Gasteiger charge is -2.31. The summed E-state index contributed by atoms with van der Waals surface area (Å²) >= 11 is 4.50. The van der Waals surface area contributed by atoms with Crippen LogP contribution >= 0.6 is 35.1 Å². The van der Waals surface area contributed by atoms with Gasteiger partial charge in [0.2, 0.25) is 5.52 Å². The van der Waals surface area contributed by atoms with E-state index in [1.165, 1.54) is 50.1 Å². The van der Waals surface area contributed by atoms with E-state index in [0.717, 1.165) is 46.3 Å². The third-order valence-corrected chi connectivity index (χ3v) is 9.92. The molecular weight excluding hydrogens is 597 g/mol. The molecule has 0 atom stereocenters. The molecular formula is C33H33N4O3S3+. The molecule has 0 spiro atoms. The number of benzene rings is 2. The monoisotopic (exact) mass is 629 g/mol. The maximum Gasteiger partial charge on any atom is 0.398 e. The van der Waals surface area contributed by atoms with Crippen molar-refractivity contribution in [1.29, 1.82) is 0 Å². The Balaban J connectivity index is 1.32. The molecule has 0 unspecified atom stereocenters. The first-order valence-corrected chi connectivity index (χ1v) is 16.5. The van der Waals surface area contributed by atoms with Gasteiger partial charge in [0.25, 0.3) is 0 Å². The van der Waals surface area contributed by atoms with E-state index in [9.17, 15) is 5.26 Å². The van der Waals surface area contributed by atoms with Crippen LogP contribution in [-0.2, 0) is 4.89 Å². The van der Waals surface area contributed by atoms with Gasteiger partial charge in [-0.3, -0.25) is 4.89 Å². The second-order valence-electron chi connectivity index (χ2n) is 11.4. The number of hydrogen-bond acceptors (Lipinski definition) is 9. The minimum atomic E-state index is 0.116. The lowest BCUT2D eigenvalue weighted by molar-refractivity contribution is -0.589. The van der Waals surface area contributed by atoms with Crippen LogP contribution in [0.1, 0.15) is 44.7 Å². The molecule has 10 heteroatoms. The lowest BCUT2D eigenvalue weighted by atomic mass is 9.75. The third-order valence-electron chi connectivity index (χ3n) is 7.45. The van der Waals surface area contributed by atoms with Crippen molar-refractivity contribution in [3.63, 3.8) is 0 Å². The molecule has 0 saturated carbocycles. The fourth-order valence-corrected chi connectivity index (χ4v) is 7.91. The molecule has 0 radical (unpaired) electrons. The third kappa shape index (κ3) is 6.38. The van der Waals surface area contributed by atoms with Gasteiger partial charge in [-0.15, -0.1) is 9.67 Å². The maximum absolute atomic E-state index is 9.24. The zero-order chi connectivity index (χ0) is 30.1. The van der Waals surface area contributed by atoms with Crippen LogP contribution in [0.5, 0.6) is 5.19 Å². The number of allylic oxidation sites excluding steroid dienone is 4. The van der Waals surface area contributed by atoms with E-state index in [4.69, 9.17) is 4.18 Å². The van der Waals surface area contributed by atoms with Crippen molar-refractivity contribution in [2.75, 3.05) is 11.4 Å². The van der Waals surface area contributed by atoms with Gasteiger partial charge >= 0.3 is 11.1 Å². The molecule has 0 fully saturated rings. The number of thioether (sulfide) groups is 1. The zero-order valence-electron chi connectivity index (χ0n) is 24.5. The molecule has 2 aliphatic rings. The lowest BCUT2D eigenvalue weighted by Crippen LogP contribution is -2.33. The first kappa shape index (κ1) is 29.5. The van der Waals surface area contributed by atoms with Gasteiger partial charge in [0.05, 0.1) is 33.0 Å². The summed E-state index contributed by atoms with van der Waals surface area (Å²) in [4.78, 5) is 9.11. The zero-order valence-corrected chi connectivity index (χ0v) is 27.0. The largest absolute Gasteiger partial charge is 0.398 e. The SMILES string of the molecule is C=C(OO)[n+]1ccc(/C=C2C=C(/C=C3\Sc4ccc(SOc5nncs5)cc4N3CC)CC(C)(C)C/2)c2cc(C)ccc21. The predicted molar refractivity (Wildman–Crippen MR) is 177 cm³/mol. The Morgan fingerprint density at radius 1 is 1.19 bits per heavy atom. The number of hydrogen-bond donors (Lipinski definition) is 1. The number of pyridine rings is 1. The van der Waals surface area contributed by atoms with Gasteiger partial charge in [-0.25, -0.2) is 0 Å². The van der Waals surface area contributed by atoms with Crippen molar-refractivity contribution in [2.24, 2.45) is 5.41 Å². The fraction of sp³-hybridized carbons (Fsp3) is 0.242. The molecule has 0 saturated heterocycles. The predicted octanol–water partition coefficient (Wildman–Crippen LogP) is 8.89. The number of anilines is 1. The number of aryl methyl sites for hydroxylation is 1. The van der Waals surface area contributed by atoms with Crippen molar-refractivity contribution >= 4 is 63.7 Å². The second kappa shape index (κ2) is 12.2. The Labute approximate surface area is 264 Å². The van der Waals surface area contributed by atoms with Crippen molar-refractivity contribution in [2.45, 2.75) is 50.3 Å². The molecule has 7 nitrogen and oxygen atoms in total. The minimum absolute atomic E-state index is 0.116. The quantitative estimate of drug-likeness (QED) is 0.0681. The molecule has 220 valence electrons. The molecule has 0 bridgehead atoms. The summed E-state index contributed by atoms with van der Waals surface area (Å²) in [7, 11) is 0. The highest BCUT2D eigenvalue weighted by Gasteiger charge is 2.29. The molecule has 2 aromatic carbocycles. The van der Waals surface area contributed by atoms with Gasteiger partial charge in [-0.2, -0.15) is 5.26 Å². The topological polar surface area (TPSA) is 71.6 Å². The van der Waals surface area contributed by atoms with Crippen LogP contribution in [0, 0.1) is 12.3 Å². The molecule has 6 rings (SSSR count). The average Bonchev–Trinajstić information content (AvgIpc) is 3.62. The van der Waals surface area contributed by atoms with Gasteiger partial charge in [-0.1, -0.05) is 65.8 Å². The van der Waals surface area contributed by atoms with Gasteiger partial charge in [-0.05, 0) is 79.2 Å². The number of rotatable bonds is 8. The fourth-order valence-electron chi connectivity index (χ4n) is 5.70. The van der Waals surface area contributed by atoms with Crippen molar-refractivity contribution in [3.05, 3.63) is 100 Å². The van der Waals surface area contributed by atoms with Crippen LogP contribution in [0.15, 0.2) is 98.9 Å². The highest BCUT2D eigenvalue weighted by Crippen LogP contribution is 2.49. The smallest absolute Gasteiger partial charge is 0.389 e. The summed E-state index contributed by atoms with van der Waals surface area (Å²) < 4.78 is 7.49. The molecule has 1 N–H and O–H groups in total. The molecule has 0 amide bonds. The van der Waals surface area contributed by atoms with E-state index in [2.05, 4.69) is 109 Å². The van der Waals surface area contributed by atoms with Crippen LogP contribution in [-0.4, -0.2) is 22.0 Å². The second-order valence-corrected chi connectivity index (χ2v) is 14.1. The van der Waals surface area contributed by atoms with E-state index >= 15 is 0 Å². The molecule has 1 aliphatic carbocycles. The standard InChI is InChI=1S/C33H32N4O3S3/c1-6-36-29-17-26(43-40-32-35-34-20-41-32)8-10-30(29)42-31(36)16-24-14-23(18-33(4,5)19-24)15-25-11-12-37(22(3)39-38)28-9-7-21(2)13-27(25)28/h7-17,20H,3,6,18-19H2,1-2,4-5H3/p+1. The Bertz CT molecular complexity index is 1790. The highest BCUT2D eigenvalue weighted by atomic mass is 32.2. The molecule has 4 aromatic rings. The van der Waals surface area contributed by atoms with Crippen LogP contribution in [0.4, 0.5) is 5.69 Å². The molecule has 3 heterocycles. The van der Waals surface area contributed by atoms with E-state index in [-0.39, 0.29) is 11.3 Å². The van der Waals surface area contributed by atoms with Gasteiger partial charge in [0.1, 0.15) is 5.51 Å². The van der Waals surface area contributed by atoms with E-state index < -0.39 is 0 Å². The number of aromatic nitrogens is 3. The summed E-state index contributed by atoms with van der Waals surface area (Å²) in [6.45, 7) is 13.7. The Morgan fingerprint density at radius 2 is 2.05 bits per heavy atom. The van der Waals surface area contributed by atoms with E-state index in [0.29, 0.717) is 5.19 Å². The van der Waals surface area contributed by atoms with E-state index in [1.807, 2.05) is 24.0 Å². The summed E-state index contributed by atoms with van der Waals surface area (Å²) in [5.74, 6) is 0.159. The number of nitrogens with zero attached hydrogens (tertiary/aromatic N) is 4. The Hall–Kier alpha value is -3.57. The average molecular weight is 630 g/mol. The molecule has 43 heavy (non-hydrogen) atoms. The van der Waals surface area contributed by atoms with E-state index in [1.54, 1.807) is 10.1 Å². The van der Waals surface area contributed by atoms with Crippen LogP contribution in [0.25, 0.3) is 22.9 Å². The minimum Gasteiger partial charge on any atom is -0.389 e. The van der Waals surface area contributed by atoms with Crippen molar-refractivity contribution in [3.8, 4) is 5.19 Å². The number of fused-ring (bicyclic) bond motifs is 2. The normalized spacial score (nSPS) is 17.8. The highest BCUT2D eigenvalue weighted by molar-refractivity contribution is 8.03. The van der Waals surface area contributed by atoms with Gasteiger partial charge in [0, 0.05) is 30.2 Å². The van der Waals surface area contributed by atoms with Gasteiger partial charge in [0.15, 0.2) is 6.20 Å². The van der Waals surface area contributed by atoms with Crippen molar-refractivity contribution in [1.82, 2.24) is 10.2 Å². The molecule has 2 aromatic heterocycles. The Morgan fingerprint density at radius 3 is 2.81 bits per heavy atom. The first-order valence-electron chi connectivity index (χ1n) is 14.0. The summed E-state index contributed by atoms with van der Waals surface area (Å²) in [6.07, 6.45) is 10.9. The molecule has 1 aliphatic heterocycles. The van der Waals surface area contributed by atoms with Crippen LogP contribution < -0.4 is 13.7 Å². The summed E-state index contributed by atoms with van der Waals surface area (Å²) in [5, 5.41) is 19.9.